The Morgan fingerprint density at radius 3 is 2.29 bits per heavy atom. The average molecular weight is 847 g/mol. The maximum Gasteiger partial charge on any atom is 0.253 e. The van der Waals surface area contributed by atoms with Gasteiger partial charge in [0, 0.05) is 106 Å². The number of fused-ring (bicyclic) bond motifs is 2. The molecule has 326 valence electrons. The number of piperazine rings is 1. The number of nitrogens with one attached hydrogen (secondary N) is 3. The number of hydrogen-bond donors (Lipinski definition) is 3. The van der Waals surface area contributed by atoms with Gasteiger partial charge in [-0.2, -0.15) is 5.10 Å². The number of carbonyl (C=O) groups excluding carboxylic acids is 3. The van der Waals surface area contributed by atoms with Crippen molar-refractivity contribution in [2.45, 2.75) is 63.6 Å². The highest BCUT2D eigenvalue weighted by Gasteiger charge is 2.29. The molecule has 4 saturated heterocycles. The molecule has 0 aliphatic carbocycles. The second-order valence-electron chi connectivity index (χ2n) is 18.3. The van der Waals surface area contributed by atoms with Crippen LogP contribution in [0.2, 0.25) is 0 Å². The molecular formula is C50H58N10O3. The molecule has 3 aromatic carbocycles. The van der Waals surface area contributed by atoms with Crippen molar-refractivity contribution >= 4 is 45.3 Å². The van der Waals surface area contributed by atoms with E-state index in [-0.39, 0.29) is 23.8 Å². The molecule has 4 aliphatic heterocycles. The Bertz CT molecular complexity index is 2580. The summed E-state index contributed by atoms with van der Waals surface area (Å²) >= 11 is 0. The van der Waals surface area contributed by atoms with Crippen molar-refractivity contribution in [2.75, 3.05) is 64.2 Å². The number of nitrogens with zero attached hydrogens (tertiary/aromatic N) is 7. The average Bonchev–Trinajstić information content (AvgIpc) is 3.92. The van der Waals surface area contributed by atoms with Crippen LogP contribution in [0.25, 0.3) is 33.1 Å². The van der Waals surface area contributed by atoms with E-state index in [1.807, 2.05) is 24.5 Å². The summed E-state index contributed by atoms with van der Waals surface area (Å²) < 4.78 is 2.25. The Morgan fingerprint density at radius 2 is 1.52 bits per heavy atom. The van der Waals surface area contributed by atoms with Gasteiger partial charge in [-0.1, -0.05) is 30.3 Å². The molecule has 0 saturated carbocycles. The Kier molecular flexibility index (Phi) is 11.8. The quantitative estimate of drug-likeness (QED) is 0.127. The highest BCUT2D eigenvalue weighted by Crippen LogP contribution is 2.34. The van der Waals surface area contributed by atoms with Gasteiger partial charge in [0.15, 0.2) is 0 Å². The van der Waals surface area contributed by atoms with E-state index in [0.29, 0.717) is 24.7 Å². The van der Waals surface area contributed by atoms with Crippen molar-refractivity contribution in [3.05, 3.63) is 114 Å². The number of hydrogen-bond acceptors (Lipinski definition) is 9. The van der Waals surface area contributed by atoms with Crippen LogP contribution < -0.4 is 10.6 Å². The molecule has 1 atom stereocenters. The number of aryl methyl sites for hydroxylation is 1. The first-order chi connectivity index (χ1) is 30.8. The number of aromatic amines is 1. The summed E-state index contributed by atoms with van der Waals surface area (Å²) in [6, 6.07) is 27.4. The monoisotopic (exact) mass is 846 g/mol. The maximum absolute atomic E-state index is 13.6. The van der Waals surface area contributed by atoms with Crippen LogP contribution in [0.3, 0.4) is 0 Å². The zero-order chi connectivity index (χ0) is 42.9. The van der Waals surface area contributed by atoms with E-state index in [1.165, 1.54) is 33.3 Å². The number of aromatic nitrogens is 4. The Hall–Kier alpha value is -5.89. The summed E-state index contributed by atoms with van der Waals surface area (Å²) in [5.41, 5.74) is 9.99. The Balaban J connectivity index is 0.647. The van der Waals surface area contributed by atoms with E-state index in [2.05, 4.69) is 119 Å². The lowest BCUT2D eigenvalue weighted by Crippen LogP contribution is -2.48. The molecule has 4 aliphatic rings. The lowest BCUT2D eigenvalue weighted by atomic mass is 9.88. The SMILES string of the molecule is Cn1c(CN2CCC(c3ccc(C(=O)N4CCC(CN5CCN(Cc6ccc(NC7CCC(=O)NC7=O)cc6)CC5)CC4)cc3)CC2)cc2c(-c3ccc4[nH]ncc4c3)ccnc21. The fraction of sp³-hybridized carbons (Fsp3) is 0.420. The van der Waals surface area contributed by atoms with Crippen molar-refractivity contribution < 1.29 is 14.4 Å². The van der Waals surface area contributed by atoms with Gasteiger partial charge in [0.2, 0.25) is 11.8 Å². The summed E-state index contributed by atoms with van der Waals surface area (Å²) in [5.74, 6) is 0.842. The summed E-state index contributed by atoms with van der Waals surface area (Å²) in [6.45, 7) is 10.9. The van der Waals surface area contributed by atoms with Gasteiger partial charge in [0.25, 0.3) is 5.91 Å². The van der Waals surface area contributed by atoms with Crippen molar-refractivity contribution in [1.82, 2.24) is 44.7 Å². The molecule has 1 unspecified atom stereocenters. The van der Waals surface area contributed by atoms with Crippen LogP contribution in [-0.2, 0) is 29.7 Å². The van der Waals surface area contributed by atoms with Crippen LogP contribution in [0.5, 0.6) is 0 Å². The van der Waals surface area contributed by atoms with Crippen molar-refractivity contribution in [3.8, 4) is 11.1 Å². The minimum atomic E-state index is -0.368. The minimum Gasteiger partial charge on any atom is -0.374 e. The molecule has 7 heterocycles. The molecule has 0 spiro atoms. The van der Waals surface area contributed by atoms with E-state index in [0.717, 1.165) is 125 Å². The molecule has 13 heteroatoms. The molecular weight excluding hydrogens is 789 g/mol. The molecule has 63 heavy (non-hydrogen) atoms. The smallest absolute Gasteiger partial charge is 0.253 e. The van der Waals surface area contributed by atoms with Gasteiger partial charge >= 0.3 is 0 Å². The van der Waals surface area contributed by atoms with Crippen molar-refractivity contribution in [2.24, 2.45) is 13.0 Å². The number of pyridine rings is 1. The lowest BCUT2D eigenvalue weighted by Gasteiger charge is -2.39. The first kappa shape index (κ1) is 41.1. The van der Waals surface area contributed by atoms with Crippen LogP contribution in [0.1, 0.15) is 71.6 Å². The number of anilines is 1. The topological polar surface area (TPSA) is 135 Å². The van der Waals surface area contributed by atoms with Crippen LogP contribution in [0, 0.1) is 5.92 Å². The first-order valence-corrected chi connectivity index (χ1v) is 22.9. The minimum absolute atomic E-state index is 0.165. The van der Waals surface area contributed by atoms with E-state index in [4.69, 9.17) is 4.98 Å². The van der Waals surface area contributed by atoms with E-state index in [9.17, 15) is 14.4 Å². The predicted molar refractivity (Wildman–Crippen MR) is 246 cm³/mol. The van der Waals surface area contributed by atoms with Gasteiger partial charge in [-0.3, -0.25) is 34.6 Å². The van der Waals surface area contributed by atoms with Gasteiger partial charge in [-0.05, 0) is 128 Å². The van der Waals surface area contributed by atoms with E-state index >= 15 is 0 Å². The number of imide groups is 1. The number of benzene rings is 3. The van der Waals surface area contributed by atoms with E-state index < -0.39 is 0 Å². The van der Waals surface area contributed by atoms with Crippen molar-refractivity contribution in [3.63, 3.8) is 0 Å². The third-order valence-corrected chi connectivity index (χ3v) is 14.2. The Labute approximate surface area is 368 Å². The zero-order valence-electron chi connectivity index (χ0n) is 36.3. The highest BCUT2D eigenvalue weighted by molar-refractivity contribution is 6.01. The number of piperidine rings is 3. The number of carbonyl (C=O) groups is 3. The van der Waals surface area contributed by atoms with Crippen LogP contribution in [0.15, 0.2) is 91.3 Å². The fourth-order valence-corrected chi connectivity index (χ4v) is 10.3. The molecule has 10 rings (SSSR count). The van der Waals surface area contributed by atoms with E-state index in [1.54, 1.807) is 0 Å². The summed E-state index contributed by atoms with van der Waals surface area (Å²) in [7, 11) is 2.13. The summed E-state index contributed by atoms with van der Waals surface area (Å²) in [6.07, 6.45) is 9.00. The highest BCUT2D eigenvalue weighted by atomic mass is 16.2. The van der Waals surface area contributed by atoms with Gasteiger partial charge in [0.05, 0.1) is 11.7 Å². The number of H-pyrrole nitrogens is 1. The molecule has 3 N–H and O–H groups in total. The third kappa shape index (κ3) is 9.13. The molecule has 3 aromatic heterocycles. The molecule has 13 nitrogen and oxygen atoms in total. The van der Waals surface area contributed by atoms with Gasteiger partial charge in [-0.15, -0.1) is 0 Å². The largest absolute Gasteiger partial charge is 0.374 e. The number of amides is 3. The second kappa shape index (κ2) is 18.1. The second-order valence-corrected chi connectivity index (χ2v) is 18.3. The maximum atomic E-state index is 13.6. The number of likely N-dealkylation sites (tertiary alicyclic amines) is 2. The van der Waals surface area contributed by atoms with Crippen LogP contribution in [0.4, 0.5) is 5.69 Å². The standard InChI is InChI=1S/C50H58N10O3/c1-56-42(29-44-43(14-19-51-48(44)56)39-8-11-45-40(28-39)30-52-55-45)33-57-20-17-37(18-21-57)36-4-6-38(7-5-36)50(63)60-22-15-35(16-23-60)32-59-26-24-58(25-27-59)31-34-2-9-41(10-3-34)53-46-12-13-47(61)54-49(46)62/h2-11,14,19,28-30,35,37,46,53H,12-13,15-18,20-27,31-33H2,1H3,(H,52,55)(H,54,61,62). The summed E-state index contributed by atoms with van der Waals surface area (Å²) in [4.78, 5) is 51.7. The molecule has 0 bridgehead atoms. The van der Waals surface area contributed by atoms with Gasteiger partial charge < -0.3 is 19.7 Å². The number of rotatable bonds is 11. The van der Waals surface area contributed by atoms with Gasteiger partial charge in [-0.25, -0.2) is 4.98 Å². The van der Waals surface area contributed by atoms with Crippen LogP contribution in [-0.4, -0.2) is 122 Å². The molecule has 4 fully saturated rings. The lowest BCUT2D eigenvalue weighted by molar-refractivity contribution is -0.133. The summed E-state index contributed by atoms with van der Waals surface area (Å²) in [5, 5.41) is 15.2. The predicted octanol–water partition coefficient (Wildman–Crippen LogP) is 6.38. The zero-order valence-corrected chi connectivity index (χ0v) is 36.3. The Morgan fingerprint density at radius 1 is 0.778 bits per heavy atom. The normalized spacial score (nSPS) is 20.1. The fourth-order valence-electron chi connectivity index (χ4n) is 10.3. The molecule has 6 aromatic rings. The van der Waals surface area contributed by atoms with Crippen LogP contribution >= 0.6 is 0 Å². The third-order valence-electron chi connectivity index (χ3n) is 14.2. The van der Waals surface area contributed by atoms with Gasteiger partial charge in [0.1, 0.15) is 11.7 Å². The van der Waals surface area contributed by atoms with Crippen molar-refractivity contribution in [1.29, 1.82) is 0 Å². The molecule has 0 radical (unpaired) electrons. The molecule has 3 amide bonds. The first-order valence-electron chi connectivity index (χ1n) is 22.9.